The molecule has 0 spiro atoms. The van der Waals surface area contributed by atoms with Crippen molar-refractivity contribution in [1.82, 2.24) is 0 Å². The van der Waals surface area contributed by atoms with Crippen molar-refractivity contribution in [2.75, 3.05) is 56.4 Å². The van der Waals surface area contributed by atoms with Gasteiger partial charge in [-0.25, -0.2) is 0 Å². The molecule has 2 aliphatic rings. The Balaban J connectivity index is 1.83. The second-order valence-corrected chi connectivity index (χ2v) is 21.5. The Kier molecular flexibility index (Phi) is 17.0. The molecule has 5 N–H and O–H groups in total. The van der Waals surface area contributed by atoms with Crippen LogP contribution in [-0.4, -0.2) is 125 Å². The predicted octanol–water partition coefficient (Wildman–Crippen LogP) is 4.95. The van der Waals surface area contributed by atoms with Crippen LogP contribution in [0.5, 0.6) is 0 Å². The number of aliphatic carboxylic acids is 1. The third-order valence-corrected chi connectivity index (χ3v) is 14.4. The number of benzene rings is 2. The van der Waals surface area contributed by atoms with Crippen molar-refractivity contribution in [3.8, 4) is 0 Å². The fraction of sp³-hybridized carbons (Fsp3) is 0.500. The second-order valence-electron chi connectivity index (χ2n) is 15.5. The number of carboxylic acids is 1. The molecule has 4 rings (SSSR count). The third kappa shape index (κ3) is 13.3. The molecule has 0 saturated carbocycles. The summed E-state index contributed by atoms with van der Waals surface area (Å²) in [4.78, 5) is 12.5. The van der Waals surface area contributed by atoms with Gasteiger partial charge in [0.25, 0.3) is 40.5 Å². The van der Waals surface area contributed by atoms with E-state index < -0.39 is 73.7 Å². The minimum atomic E-state index is -4.68. The number of nitrogens with zero attached hydrogens (tertiary/aromatic N) is 2. The highest BCUT2D eigenvalue weighted by atomic mass is 32.2. The highest BCUT2D eigenvalue weighted by Gasteiger charge is 2.48. The lowest BCUT2D eigenvalue weighted by Crippen LogP contribution is -2.32. The van der Waals surface area contributed by atoms with Crippen LogP contribution in [0.15, 0.2) is 82.3 Å². The van der Waals surface area contributed by atoms with Crippen LogP contribution in [-0.2, 0) is 65.6 Å². The molecular formula is C40H55N2O16S4+. The molecule has 2 heterocycles. The number of methoxy groups -OCH3 is 1. The van der Waals surface area contributed by atoms with E-state index in [4.69, 9.17) is 14.6 Å². The molecule has 2 unspecified atom stereocenters. The lowest BCUT2D eigenvalue weighted by Gasteiger charge is -2.30. The predicted molar refractivity (Wildman–Crippen MR) is 231 cm³/mol. The van der Waals surface area contributed by atoms with Gasteiger partial charge in [0.05, 0.1) is 39.9 Å². The van der Waals surface area contributed by atoms with Crippen LogP contribution in [0.3, 0.4) is 0 Å². The maximum absolute atomic E-state index is 12.3. The number of fused-ring (bicyclic) bond motifs is 2. The number of unbranched alkanes of at least 4 members (excludes halogenated alkanes) is 2. The molecule has 344 valence electrons. The van der Waals surface area contributed by atoms with Crippen LogP contribution >= 0.6 is 0 Å². The number of hydrogen-bond donors (Lipinski definition) is 5. The van der Waals surface area contributed by atoms with Crippen molar-refractivity contribution in [3.05, 3.63) is 83.6 Å². The van der Waals surface area contributed by atoms with E-state index in [1.165, 1.54) is 30.3 Å². The Morgan fingerprint density at radius 3 is 1.97 bits per heavy atom. The summed E-state index contributed by atoms with van der Waals surface area (Å²) >= 11 is 0. The smallest absolute Gasteiger partial charge is 0.303 e. The molecule has 0 radical (unpaired) electrons. The van der Waals surface area contributed by atoms with Crippen molar-refractivity contribution < 1.29 is 75.8 Å². The molecule has 2 atom stereocenters. The second kappa shape index (κ2) is 20.8. The molecule has 2 aliphatic heterocycles. The van der Waals surface area contributed by atoms with Crippen molar-refractivity contribution >= 4 is 63.5 Å². The van der Waals surface area contributed by atoms with Crippen LogP contribution < -0.4 is 4.90 Å². The molecule has 18 nitrogen and oxygen atoms in total. The number of carboxylic acid groups (broad SMARTS) is 1. The quantitative estimate of drug-likeness (QED) is 0.0381. The Hall–Kier alpha value is -3.84. The van der Waals surface area contributed by atoms with Gasteiger partial charge < -0.3 is 19.5 Å². The zero-order valence-corrected chi connectivity index (χ0v) is 38.0. The lowest BCUT2D eigenvalue weighted by molar-refractivity contribution is -0.437. The monoisotopic (exact) mass is 947 g/mol. The summed E-state index contributed by atoms with van der Waals surface area (Å²) in [5.74, 6) is -2.10. The molecule has 62 heavy (non-hydrogen) atoms. The van der Waals surface area contributed by atoms with Gasteiger partial charge in [0.15, 0.2) is 5.71 Å². The van der Waals surface area contributed by atoms with Gasteiger partial charge in [-0.1, -0.05) is 24.6 Å². The molecule has 0 saturated heterocycles. The first-order valence-corrected chi connectivity index (χ1v) is 25.8. The Labute approximate surface area is 363 Å². The molecule has 0 aliphatic carbocycles. The molecule has 0 bridgehead atoms. The zero-order valence-electron chi connectivity index (χ0n) is 34.7. The molecule has 2 aromatic rings. The Morgan fingerprint density at radius 1 is 0.726 bits per heavy atom. The van der Waals surface area contributed by atoms with E-state index in [1.807, 2.05) is 17.9 Å². The van der Waals surface area contributed by atoms with Crippen LogP contribution in [0.1, 0.15) is 76.3 Å². The van der Waals surface area contributed by atoms with Gasteiger partial charge in [-0.15, -0.1) is 0 Å². The highest BCUT2D eigenvalue weighted by Crippen LogP contribution is 2.51. The third-order valence-electron chi connectivity index (χ3n) is 11.1. The standard InChI is InChI=1S/C40H54N2O16S4/c1-39(19-10-26-59(45,46)47)32-28-30(61(51,52)53)15-17-34(32)42(22-11-27-60(48,49)50)36(39)12-6-4-7-13-37-40(2,20-23-58-25-24-57-3)33-29-31(62(54,55)56)16-18-35(33)41(37)21-9-5-8-14-38(43)44/h4,6-7,12-13,15-18,28-29H,5,8-11,14,19-27H2,1-3H3,(H4-,43,44,45,46,47,48,49,50,51,52,53,54,55,56)/p+1. The first-order chi connectivity index (χ1) is 28.8. The Bertz CT molecular complexity index is 2550. The van der Waals surface area contributed by atoms with E-state index in [0.717, 1.165) is 5.70 Å². The summed E-state index contributed by atoms with van der Waals surface area (Å²) in [6, 6.07) is 8.24. The molecule has 0 aromatic heterocycles. The maximum atomic E-state index is 12.3. The first kappa shape index (κ1) is 50.8. The summed E-state index contributed by atoms with van der Waals surface area (Å²) in [6.07, 6.45) is 10.6. The normalized spacial score (nSPS) is 20.2. The van der Waals surface area contributed by atoms with Crippen LogP contribution in [0.25, 0.3) is 0 Å². The van der Waals surface area contributed by atoms with E-state index >= 15 is 0 Å². The molecular weight excluding hydrogens is 893 g/mol. The minimum absolute atomic E-state index is 0.00589. The van der Waals surface area contributed by atoms with Crippen LogP contribution in [0, 0.1) is 0 Å². The van der Waals surface area contributed by atoms with Gasteiger partial charge >= 0.3 is 5.97 Å². The topological polar surface area (TPSA) is 279 Å². The SMILES string of the molecule is COCCOCCC1(C)C(=CC=CC=CC2=[N+](CCCS(=O)(=O)O)c3ccc(S(=O)(=O)O)cc3C2(C)CCCS(=O)(=O)O)N(CCCCCC(=O)O)c2ccc(S(=O)(=O)O)cc21. The minimum Gasteiger partial charge on any atom is -0.481 e. The average molecular weight is 948 g/mol. The zero-order chi connectivity index (χ0) is 46.1. The highest BCUT2D eigenvalue weighted by molar-refractivity contribution is 7.86. The largest absolute Gasteiger partial charge is 0.481 e. The van der Waals surface area contributed by atoms with Crippen molar-refractivity contribution in [2.45, 2.75) is 85.8 Å². The maximum Gasteiger partial charge on any atom is 0.303 e. The molecule has 22 heteroatoms. The van der Waals surface area contributed by atoms with Crippen LogP contribution in [0.4, 0.5) is 11.4 Å². The fourth-order valence-electron chi connectivity index (χ4n) is 8.01. The number of hydrogen-bond acceptors (Lipinski definition) is 12. The number of anilines is 1. The van der Waals surface area contributed by atoms with E-state index in [2.05, 4.69) is 0 Å². The van der Waals surface area contributed by atoms with Crippen LogP contribution in [0.2, 0.25) is 0 Å². The van der Waals surface area contributed by atoms with Gasteiger partial charge in [0, 0.05) is 67.6 Å². The average Bonchev–Trinajstić information content (AvgIpc) is 3.52. The summed E-state index contributed by atoms with van der Waals surface area (Å²) < 4.78 is 147. The summed E-state index contributed by atoms with van der Waals surface area (Å²) in [7, 11) is -16.5. The van der Waals surface area contributed by atoms with Gasteiger partial charge in [-0.05, 0) is 87.9 Å². The van der Waals surface area contributed by atoms with Gasteiger partial charge in [-0.2, -0.15) is 38.2 Å². The number of carbonyl (C=O) groups is 1. The number of ether oxygens (including phenoxy) is 2. The van der Waals surface area contributed by atoms with Gasteiger partial charge in [0.1, 0.15) is 6.54 Å². The summed E-state index contributed by atoms with van der Waals surface area (Å²) in [5.41, 5.74) is 1.38. The van der Waals surface area contributed by atoms with E-state index in [9.17, 15) is 56.7 Å². The summed E-state index contributed by atoms with van der Waals surface area (Å²) in [6.45, 7) is 5.03. The molecule has 0 fully saturated rings. The van der Waals surface area contributed by atoms with Crippen molar-refractivity contribution in [3.63, 3.8) is 0 Å². The van der Waals surface area contributed by atoms with Crippen molar-refractivity contribution in [2.24, 2.45) is 0 Å². The van der Waals surface area contributed by atoms with E-state index in [-0.39, 0.29) is 43.7 Å². The Morgan fingerprint density at radius 2 is 1.35 bits per heavy atom. The van der Waals surface area contributed by atoms with E-state index in [0.29, 0.717) is 73.7 Å². The van der Waals surface area contributed by atoms with Gasteiger partial charge in [-0.3, -0.25) is 23.0 Å². The van der Waals surface area contributed by atoms with Crippen molar-refractivity contribution in [1.29, 1.82) is 0 Å². The summed E-state index contributed by atoms with van der Waals surface area (Å²) in [5, 5.41) is 9.15. The first-order valence-electron chi connectivity index (χ1n) is 19.7. The van der Waals surface area contributed by atoms with E-state index in [1.54, 1.807) is 49.0 Å². The van der Waals surface area contributed by atoms with Gasteiger partial charge in [0.2, 0.25) is 5.69 Å². The number of rotatable bonds is 25. The molecule has 2 aromatic carbocycles. The number of allylic oxidation sites excluding steroid dienone is 6. The molecule has 0 amide bonds. The fourth-order valence-corrected chi connectivity index (χ4v) is 10.0. The lowest BCUT2D eigenvalue weighted by atomic mass is 9.76.